The van der Waals surface area contributed by atoms with E-state index in [-0.39, 0.29) is 18.0 Å². The highest BCUT2D eigenvalue weighted by Gasteiger charge is 2.24. The zero-order chi connectivity index (χ0) is 16.1. The minimum atomic E-state index is -0.294. The molecule has 7 heteroatoms. The third kappa shape index (κ3) is 4.04. The first-order valence-corrected chi connectivity index (χ1v) is 7.66. The standard InChI is InChI=1S/C15H20ClN3O3/c1-2-22-15(21)19-7-5-11(6-8-19)18-14(20)10-3-4-13(17)12(16)9-10/h3-4,9,11H,2,5-8,17H2,1H3,(H,18,20). The Balaban J connectivity index is 1.86. The number of ether oxygens (including phenoxy) is 1. The van der Waals surface area contributed by atoms with Gasteiger partial charge in [-0.3, -0.25) is 4.79 Å². The van der Waals surface area contributed by atoms with Crippen LogP contribution in [0.2, 0.25) is 5.02 Å². The summed E-state index contributed by atoms with van der Waals surface area (Å²) in [6.07, 6.45) is 1.11. The quantitative estimate of drug-likeness (QED) is 0.835. The summed E-state index contributed by atoms with van der Waals surface area (Å²) >= 11 is 5.92. The van der Waals surface area contributed by atoms with E-state index in [4.69, 9.17) is 22.1 Å². The molecule has 0 aromatic heterocycles. The largest absolute Gasteiger partial charge is 0.450 e. The second-order valence-electron chi connectivity index (χ2n) is 5.17. The van der Waals surface area contributed by atoms with Crippen molar-refractivity contribution in [3.63, 3.8) is 0 Å². The van der Waals surface area contributed by atoms with Crippen LogP contribution in [0, 0.1) is 0 Å². The Kier molecular flexibility index (Phi) is 5.49. The van der Waals surface area contributed by atoms with Crippen LogP contribution in [0.3, 0.4) is 0 Å². The Labute approximate surface area is 134 Å². The molecule has 1 aliphatic heterocycles. The lowest BCUT2D eigenvalue weighted by molar-refractivity contribution is 0.0860. The molecule has 1 aliphatic rings. The van der Waals surface area contributed by atoms with E-state index in [2.05, 4.69) is 5.32 Å². The molecule has 0 bridgehead atoms. The molecule has 0 unspecified atom stereocenters. The normalized spacial score (nSPS) is 15.5. The van der Waals surface area contributed by atoms with Gasteiger partial charge in [0.2, 0.25) is 0 Å². The van der Waals surface area contributed by atoms with E-state index in [1.54, 1.807) is 30.0 Å². The molecule has 2 rings (SSSR count). The average Bonchev–Trinajstić information content (AvgIpc) is 2.51. The van der Waals surface area contributed by atoms with Gasteiger partial charge in [-0.05, 0) is 38.0 Å². The Morgan fingerprint density at radius 1 is 1.41 bits per heavy atom. The van der Waals surface area contributed by atoms with Gasteiger partial charge in [-0.2, -0.15) is 0 Å². The molecule has 1 aromatic carbocycles. The number of hydrogen-bond acceptors (Lipinski definition) is 4. The Morgan fingerprint density at radius 3 is 2.68 bits per heavy atom. The van der Waals surface area contributed by atoms with Crippen LogP contribution < -0.4 is 11.1 Å². The van der Waals surface area contributed by atoms with Gasteiger partial charge in [-0.15, -0.1) is 0 Å². The van der Waals surface area contributed by atoms with E-state index in [1.165, 1.54) is 0 Å². The number of nitrogens with one attached hydrogen (secondary N) is 1. The van der Waals surface area contributed by atoms with Crippen LogP contribution in [-0.2, 0) is 4.74 Å². The summed E-state index contributed by atoms with van der Waals surface area (Å²) in [5, 5.41) is 3.32. The minimum Gasteiger partial charge on any atom is -0.450 e. The maximum atomic E-state index is 12.2. The van der Waals surface area contributed by atoms with E-state index in [9.17, 15) is 9.59 Å². The van der Waals surface area contributed by atoms with Crippen LogP contribution in [0.4, 0.5) is 10.5 Å². The van der Waals surface area contributed by atoms with Crippen molar-refractivity contribution in [3.8, 4) is 0 Å². The first-order valence-electron chi connectivity index (χ1n) is 7.29. The minimum absolute atomic E-state index is 0.0366. The topological polar surface area (TPSA) is 84.7 Å². The zero-order valence-corrected chi connectivity index (χ0v) is 13.2. The lowest BCUT2D eigenvalue weighted by atomic mass is 10.0. The molecule has 1 saturated heterocycles. The van der Waals surface area contributed by atoms with Crippen molar-refractivity contribution in [3.05, 3.63) is 28.8 Å². The molecular formula is C15H20ClN3O3. The molecule has 1 fully saturated rings. The van der Waals surface area contributed by atoms with E-state index < -0.39 is 0 Å². The predicted octanol–water partition coefficient (Wildman–Crippen LogP) is 2.27. The lowest BCUT2D eigenvalue weighted by Gasteiger charge is -2.31. The van der Waals surface area contributed by atoms with Crippen molar-refractivity contribution in [1.82, 2.24) is 10.2 Å². The van der Waals surface area contributed by atoms with Gasteiger partial charge in [0.05, 0.1) is 17.3 Å². The smallest absolute Gasteiger partial charge is 0.409 e. The SMILES string of the molecule is CCOC(=O)N1CCC(NC(=O)c2ccc(N)c(Cl)c2)CC1. The summed E-state index contributed by atoms with van der Waals surface area (Å²) in [5.41, 5.74) is 6.55. The highest BCUT2D eigenvalue weighted by molar-refractivity contribution is 6.33. The van der Waals surface area contributed by atoms with Gasteiger partial charge >= 0.3 is 6.09 Å². The molecule has 1 heterocycles. The van der Waals surface area contributed by atoms with Crippen LogP contribution in [0.25, 0.3) is 0 Å². The molecule has 120 valence electrons. The second kappa shape index (κ2) is 7.35. The van der Waals surface area contributed by atoms with E-state index in [0.717, 1.165) is 0 Å². The summed E-state index contributed by atoms with van der Waals surface area (Å²) in [6.45, 7) is 3.30. The Hall–Kier alpha value is -1.95. The van der Waals surface area contributed by atoms with Crippen molar-refractivity contribution in [2.45, 2.75) is 25.8 Å². The van der Waals surface area contributed by atoms with Gasteiger partial charge < -0.3 is 20.7 Å². The zero-order valence-electron chi connectivity index (χ0n) is 12.5. The van der Waals surface area contributed by atoms with Crippen molar-refractivity contribution in [1.29, 1.82) is 0 Å². The van der Waals surface area contributed by atoms with Gasteiger partial charge in [0.15, 0.2) is 0 Å². The molecular weight excluding hydrogens is 306 g/mol. The molecule has 2 amide bonds. The van der Waals surface area contributed by atoms with E-state index >= 15 is 0 Å². The van der Waals surface area contributed by atoms with E-state index in [0.29, 0.717) is 48.8 Å². The number of halogens is 1. The number of amides is 2. The number of piperidine rings is 1. The number of likely N-dealkylation sites (tertiary alicyclic amines) is 1. The number of hydrogen-bond donors (Lipinski definition) is 2. The van der Waals surface area contributed by atoms with Crippen molar-refractivity contribution in [2.75, 3.05) is 25.4 Å². The number of nitrogen functional groups attached to an aromatic ring is 1. The number of rotatable bonds is 3. The molecule has 3 N–H and O–H groups in total. The Morgan fingerprint density at radius 2 is 2.09 bits per heavy atom. The van der Waals surface area contributed by atoms with E-state index in [1.807, 2.05) is 0 Å². The second-order valence-corrected chi connectivity index (χ2v) is 5.58. The van der Waals surface area contributed by atoms with Crippen LogP contribution >= 0.6 is 11.6 Å². The highest BCUT2D eigenvalue weighted by atomic mass is 35.5. The highest BCUT2D eigenvalue weighted by Crippen LogP contribution is 2.20. The maximum Gasteiger partial charge on any atom is 0.409 e. The molecule has 0 radical (unpaired) electrons. The third-order valence-corrected chi connectivity index (χ3v) is 3.95. The van der Waals surface area contributed by atoms with Crippen LogP contribution in [0.5, 0.6) is 0 Å². The number of anilines is 1. The van der Waals surface area contributed by atoms with Crippen molar-refractivity contribution < 1.29 is 14.3 Å². The predicted molar refractivity (Wildman–Crippen MR) is 84.9 cm³/mol. The first kappa shape index (κ1) is 16.4. The molecule has 0 aliphatic carbocycles. The molecule has 22 heavy (non-hydrogen) atoms. The molecule has 0 saturated carbocycles. The van der Waals surface area contributed by atoms with Gasteiger partial charge in [-0.25, -0.2) is 4.79 Å². The average molecular weight is 326 g/mol. The number of carbonyl (C=O) groups is 2. The van der Waals surface area contributed by atoms with Crippen LogP contribution in [0.1, 0.15) is 30.1 Å². The fourth-order valence-corrected chi connectivity index (χ4v) is 2.54. The Bertz CT molecular complexity index is 557. The number of nitrogens with two attached hydrogens (primary N) is 1. The number of nitrogens with zero attached hydrogens (tertiary/aromatic N) is 1. The summed E-state index contributed by atoms with van der Waals surface area (Å²) in [4.78, 5) is 25.4. The molecule has 0 spiro atoms. The summed E-state index contributed by atoms with van der Waals surface area (Å²) < 4.78 is 4.96. The van der Waals surface area contributed by atoms with Gasteiger partial charge in [-0.1, -0.05) is 11.6 Å². The fraction of sp³-hybridized carbons (Fsp3) is 0.467. The number of benzene rings is 1. The van der Waals surface area contributed by atoms with Gasteiger partial charge in [0, 0.05) is 24.7 Å². The number of carbonyl (C=O) groups excluding carboxylic acids is 2. The third-order valence-electron chi connectivity index (χ3n) is 3.62. The van der Waals surface area contributed by atoms with Crippen molar-refractivity contribution >= 4 is 29.3 Å². The van der Waals surface area contributed by atoms with Crippen molar-refractivity contribution in [2.24, 2.45) is 0 Å². The molecule has 0 atom stereocenters. The lowest BCUT2D eigenvalue weighted by Crippen LogP contribution is -2.46. The van der Waals surface area contributed by atoms with Crippen LogP contribution in [0.15, 0.2) is 18.2 Å². The van der Waals surface area contributed by atoms with Gasteiger partial charge in [0.25, 0.3) is 5.91 Å². The monoisotopic (exact) mass is 325 g/mol. The summed E-state index contributed by atoms with van der Waals surface area (Å²) in [6, 6.07) is 4.85. The summed E-state index contributed by atoms with van der Waals surface area (Å²) in [7, 11) is 0. The summed E-state index contributed by atoms with van der Waals surface area (Å²) in [5.74, 6) is -0.184. The maximum absolute atomic E-state index is 12.2. The first-order chi connectivity index (χ1) is 10.5. The van der Waals surface area contributed by atoms with Crippen LogP contribution in [-0.4, -0.2) is 42.6 Å². The molecule has 6 nitrogen and oxygen atoms in total. The fourth-order valence-electron chi connectivity index (χ4n) is 2.36. The van der Waals surface area contributed by atoms with Gasteiger partial charge in [0.1, 0.15) is 0 Å². The molecule has 1 aromatic rings.